The molecular formula is C12H20O5S. The van der Waals surface area contributed by atoms with E-state index in [-0.39, 0.29) is 17.1 Å². The maximum absolute atomic E-state index is 11.2. The molecule has 0 amide bonds. The lowest BCUT2D eigenvalue weighted by molar-refractivity contribution is -0.191. The van der Waals surface area contributed by atoms with Crippen LogP contribution < -0.4 is 0 Å². The summed E-state index contributed by atoms with van der Waals surface area (Å²) in [5.74, 6) is -0.698. The lowest BCUT2D eigenvalue weighted by atomic mass is 9.90. The monoisotopic (exact) mass is 276 g/mol. The summed E-state index contributed by atoms with van der Waals surface area (Å²) in [7, 11) is 0. The van der Waals surface area contributed by atoms with Crippen LogP contribution >= 0.6 is 11.8 Å². The number of carbonyl (C=O) groups excluding carboxylic acids is 2. The summed E-state index contributed by atoms with van der Waals surface area (Å²) in [6.45, 7) is 6.45. The first-order valence-corrected chi connectivity index (χ1v) is 6.92. The zero-order valence-corrected chi connectivity index (χ0v) is 11.9. The Morgan fingerprint density at radius 3 is 2.44 bits per heavy atom. The molecule has 1 aliphatic rings. The number of aliphatic hydroxyl groups is 1. The third-order valence-corrected chi connectivity index (χ3v) is 3.95. The Bertz CT molecular complexity index is 320. The van der Waals surface area contributed by atoms with Gasteiger partial charge in [-0.25, -0.2) is 0 Å². The molecule has 0 aromatic rings. The van der Waals surface area contributed by atoms with Crippen LogP contribution in [-0.2, 0) is 19.1 Å². The molecule has 0 aromatic heterocycles. The molecule has 1 heterocycles. The Balaban J connectivity index is 2.86. The van der Waals surface area contributed by atoms with Crippen molar-refractivity contribution >= 4 is 22.8 Å². The van der Waals surface area contributed by atoms with Crippen molar-refractivity contribution in [3.8, 4) is 0 Å². The Morgan fingerprint density at radius 1 is 1.39 bits per heavy atom. The fraction of sp³-hybridized carbons (Fsp3) is 0.833. The van der Waals surface area contributed by atoms with E-state index in [0.717, 1.165) is 11.8 Å². The van der Waals surface area contributed by atoms with Gasteiger partial charge in [-0.1, -0.05) is 25.6 Å². The zero-order chi connectivity index (χ0) is 13.9. The molecule has 0 aliphatic carbocycles. The minimum absolute atomic E-state index is 0.101. The fourth-order valence-corrected chi connectivity index (χ4v) is 3.02. The van der Waals surface area contributed by atoms with Crippen molar-refractivity contribution in [2.75, 3.05) is 0 Å². The van der Waals surface area contributed by atoms with E-state index in [1.54, 1.807) is 6.92 Å². The molecule has 5 atom stereocenters. The van der Waals surface area contributed by atoms with Crippen LogP contribution in [0.15, 0.2) is 0 Å². The van der Waals surface area contributed by atoms with Gasteiger partial charge in [0.15, 0.2) is 5.12 Å². The van der Waals surface area contributed by atoms with Crippen LogP contribution in [0, 0.1) is 5.92 Å². The van der Waals surface area contributed by atoms with E-state index >= 15 is 0 Å². The van der Waals surface area contributed by atoms with Gasteiger partial charge in [-0.2, -0.15) is 0 Å². The SMILES string of the molecule is CCC1O[C@H](SC(C)=O)C(OC(C)=O)[C@@H](C)[C@H]1O. The standard InChI is InChI=1S/C12H20O5S/c1-5-9-10(15)6(2)11(16-7(3)13)12(17-9)18-8(4)14/h6,9-12,15H,5H2,1-4H3/t6-,9?,10+,11?,12+/m0/s1. The summed E-state index contributed by atoms with van der Waals surface area (Å²) >= 11 is 1.00. The van der Waals surface area contributed by atoms with Gasteiger partial charge in [-0.05, 0) is 6.42 Å². The average molecular weight is 276 g/mol. The summed E-state index contributed by atoms with van der Waals surface area (Å²) in [5, 5.41) is 9.96. The molecule has 0 radical (unpaired) electrons. The van der Waals surface area contributed by atoms with E-state index in [4.69, 9.17) is 9.47 Å². The van der Waals surface area contributed by atoms with Crippen LogP contribution in [0.5, 0.6) is 0 Å². The van der Waals surface area contributed by atoms with Crippen LogP contribution in [0.25, 0.3) is 0 Å². The number of aliphatic hydroxyl groups excluding tert-OH is 1. The number of esters is 1. The Morgan fingerprint density at radius 2 is 2.00 bits per heavy atom. The van der Waals surface area contributed by atoms with Crippen molar-refractivity contribution in [1.82, 2.24) is 0 Å². The average Bonchev–Trinajstić information content (AvgIpc) is 2.27. The lowest BCUT2D eigenvalue weighted by Gasteiger charge is -2.42. The number of thioether (sulfide) groups is 1. The highest BCUT2D eigenvalue weighted by Crippen LogP contribution is 2.35. The van der Waals surface area contributed by atoms with E-state index in [1.807, 2.05) is 6.92 Å². The van der Waals surface area contributed by atoms with Gasteiger partial charge in [0.1, 0.15) is 11.5 Å². The predicted octanol–water partition coefficient (Wildman–Crippen LogP) is 1.33. The smallest absolute Gasteiger partial charge is 0.303 e. The van der Waals surface area contributed by atoms with Gasteiger partial charge in [0.05, 0.1) is 12.2 Å². The molecule has 0 bridgehead atoms. The Hall–Kier alpha value is -0.590. The first-order valence-electron chi connectivity index (χ1n) is 6.04. The van der Waals surface area contributed by atoms with Crippen molar-refractivity contribution in [1.29, 1.82) is 0 Å². The van der Waals surface area contributed by atoms with Crippen molar-refractivity contribution in [2.24, 2.45) is 5.92 Å². The van der Waals surface area contributed by atoms with Gasteiger partial charge in [0.2, 0.25) is 0 Å². The fourth-order valence-electron chi connectivity index (χ4n) is 2.06. The largest absolute Gasteiger partial charge is 0.458 e. The third-order valence-electron chi connectivity index (χ3n) is 3.00. The minimum atomic E-state index is -0.692. The van der Waals surface area contributed by atoms with Crippen molar-refractivity contribution in [3.05, 3.63) is 0 Å². The molecule has 5 nitrogen and oxygen atoms in total. The van der Waals surface area contributed by atoms with E-state index in [1.165, 1.54) is 13.8 Å². The highest BCUT2D eigenvalue weighted by atomic mass is 32.2. The quantitative estimate of drug-likeness (QED) is 0.784. The summed E-state index contributed by atoms with van der Waals surface area (Å²) in [5.41, 5.74) is -0.547. The highest BCUT2D eigenvalue weighted by molar-refractivity contribution is 8.14. The first-order chi connectivity index (χ1) is 8.36. The minimum Gasteiger partial charge on any atom is -0.458 e. The van der Waals surface area contributed by atoms with Crippen LogP contribution in [0.3, 0.4) is 0 Å². The van der Waals surface area contributed by atoms with Gasteiger partial charge in [-0.15, -0.1) is 0 Å². The summed E-state index contributed by atoms with van der Waals surface area (Å²) in [6.07, 6.45) is -0.978. The van der Waals surface area contributed by atoms with Gasteiger partial charge < -0.3 is 14.6 Å². The summed E-state index contributed by atoms with van der Waals surface area (Å²) in [4.78, 5) is 22.3. The number of carbonyl (C=O) groups is 2. The molecule has 1 saturated heterocycles. The molecule has 2 unspecified atom stereocenters. The van der Waals surface area contributed by atoms with Crippen molar-refractivity contribution in [2.45, 2.75) is 57.9 Å². The number of ether oxygens (including phenoxy) is 2. The number of hydrogen-bond acceptors (Lipinski definition) is 6. The van der Waals surface area contributed by atoms with E-state index in [9.17, 15) is 14.7 Å². The van der Waals surface area contributed by atoms with E-state index < -0.39 is 23.6 Å². The van der Waals surface area contributed by atoms with Crippen LogP contribution in [-0.4, -0.2) is 39.9 Å². The molecule has 1 aliphatic heterocycles. The summed E-state index contributed by atoms with van der Waals surface area (Å²) in [6, 6.07) is 0. The Kier molecular flexibility index (Phi) is 5.62. The molecular weight excluding hydrogens is 256 g/mol. The van der Waals surface area contributed by atoms with Crippen LogP contribution in [0.1, 0.15) is 34.1 Å². The molecule has 0 saturated carbocycles. The highest BCUT2D eigenvalue weighted by Gasteiger charge is 2.44. The molecule has 6 heteroatoms. The molecule has 0 spiro atoms. The number of rotatable bonds is 3. The van der Waals surface area contributed by atoms with Crippen molar-refractivity contribution < 1.29 is 24.2 Å². The van der Waals surface area contributed by atoms with Gasteiger partial charge >= 0.3 is 5.97 Å². The maximum atomic E-state index is 11.2. The van der Waals surface area contributed by atoms with E-state index in [0.29, 0.717) is 6.42 Å². The molecule has 1 rings (SSSR count). The summed E-state index contributed by atoms with van der Waals surface area (Å²) < 4.78 is 10.8. The van der Waals surface area contributed by atoms with E-state index in [2.05, 4.69) is 0 Å². The first kappa shape index (κ1) is 15.5. The molecule has 1 N–H and O–H groups in total. The second kappa shape index (κ2) is 6.54. The molecule has 0 aromatic carbocycles. The van der Waals surface area contributed by atoms with Gasteiger partial charge in [-0.3, -0.25) is 9.59 Å². The predicted molar refractivity (Wildman–Crippen MR) is 67.9 cm³/mol. The molecule has 18 heavy (non-hydrogen) atoms. The van der Waals surface area contributed by atoms with Crippen LogP contribution in [0.2, 0.25) is 0 Å². The van der Waals surface area contributed by atoms with Crippen LogP contribution in [0.4, 0.5) is 0 Å². The second-order valence-corrected chi connectivity index (χ2v) is 5.76. The Labute approximate surface area is 111 Å². The zero-order valence-electron chi connectivity index (χ0n) is 11.1. The van der Waals surface area contributed by atoms with Gasteiger partial charge in [0, 0.05) is 19.8 Å². The number of hydrogen-bond donors (Lipinski definition) is 1. The van der Waals surface area contributed by atoms with Crippen molar-refractivity contribution in [3.63, 3.8) is 0 Å². The topological polar surface area (TPSA) is 72.8 Å². The lowest BCUT2D eigenvalue weighted by Crippen LogP contribution is -2.53. The molecule has 1 fully saturated rings. The maximum Gasteiger partial charge on any atom is 0.303 e. The third kappa shape index (κ3) is 3.70. The van der Waals surface area contributed by atoms with Gasteiger partial charge in [0.25, 0.3) is 0 Å². The second-order valence-electron chi connectivity index (χ2n) is 4.48. The molecule has 104 valence electrons. The normalized spacial score (nSPS) is 36.2.